The Bertz CT molecular complexity index is 1190. The number of nitrogens with zero attached hydrogens (tertiary/aromatic N) is 4. The van der Waals surface area contributed by atoms with Gasteiger partial charge in [-0.25, -0.2) is 14.3 Å². The lowest BCUT2D eigenvalue weighted by molar-refractivity contribution is 0.0562. The van der Waals surface area contributed by atoms with Crippen LogP contribution in [-0.4, -0.2) is 32.5 Å². The fourth-order valence-electron chi connectivity index (χ4n) is 2.61. The van der Waals surface area contributed by atoms with Crippen LogP contribution in [0.3, 0.4) is 0 Å². The van der Waals surface area contributed by atoms with Gasteiger partial charge in [-0.15, -0.1) is 5.10 Å². The van der Waals surface area contributed by atoms with Crippen molar-refractivity contribution >= 4 is 23.2 Å². The number of carbonyl (C=O) groups excluding carboxylic acids is 1. The summed E-state index contributed by atoms with van der Waals surface area (Å²) >= 11 is 5.90. The Morgan fingerprint density at radius 3 is 2.63 bits per heavy atom. The molecule has 0 aliphatic carbocycles. The molecule has 0 spiro atoms. The standard InChI is InChI=1S/C18H13ClN4O4/c1-26-17(24)15-8-6-13(27-15)10-22-18(25)23-16(21-22)9-7-14(20-23)11-2-4-12(19)5-3-11/h2-9H,10H2,1H3. The SMILES string of the molecule is COC(=O)c1ccc(Cn2nc3ccc(-c4ccc(Cl)cc4)nn3c2=O)o1. The van der Waals surface area contributed by atoms with E-state index in [1.807, 2.05) is 12.1 Å². The first-order chi connectivity index (χ1) is 13.0. The molecule has 8 nitrogen and oxygen atoms in total. The van der Waals surface area contributed by atoms with Crippen molar-refractivity contribution in [2.45, 2.75) is 6.54 Å². The maximum absolute atomic E-state index is 12.6. The van der Waals surface area contributed by atoms with E-state index in [9.17, 15) is 9.59 Å². The van der Waals surface area contributed by atoms with Gasteiger partial charge in [-0.05, 0) is 36.4 Å². The fraction of sp³-hybridized carbons (Fsp3) is 0.111. The minimum Gasteiger partial charge on any atom is -0.463 e. The first-order valence-electron chi connectivity index (χ1n) is 7.95. The maximum Gasteiger partial charge on any atom is 0.373 e. The van der Waals surface area contributed by atoms with Crippen molar-refractivity contribution in [3.05, 3.63) is 75.6 Å². The minimum atomic E-state index is -0.585. The second-order valence-electron chi connectivity index (χ2n) is 5.69. The molecule has 1 aromatic carbocycles. The highest BCUT2D eigenvalue weighted by atomic mass is 35.5. The van der Waals surface area contributed by atoms with E-state index in [0.717, 1.165) is 5.56 Å². The summed E-state index contributed by atoms with van der Waals surface area (Å²) < 4.78 is 12.4. The number of fused-ring (bicyclic) bond motifs is 1. The molecule has 0 radical (unpaired) electrons. The van der Waals surface area contributed by atoms with Crippen LogP contribution < -0.4 is 5.69 Å². The molecule has 0 atom stereocenters. The molecule has 0 amide bonds. The zero-order chi connectivity index (χ0) is 19.0. The van der Waals surface area contributed by atoms with Crippen molar-refractivity contribution in [1.82, 2.24) is 19.4 Å². The van der Waals surface area contributed by atoms with Crippen molar-refractivity contribution in [2.24, 2.45) is 0 Å². The molecule has 0 saturated carbocycles. The molecule has 0 N–H and O–H groups in total. The van der Waals surface area contributed by atoms with Crippen LogP contribution in [0.4, 0.5) is 0 Å². The van der Waals surface area contributed by atoms with Crippen molar-refractivity contribution < 1.29 is 13.9 Å². The van der Waals surface area contributed by atoms with Gasteiger partial charge >= 0.3 is 11.7 Å². The number of ether oxygens (including phenoxy) is 1. The monoisotopic (exact) mass is 384 g/mol. The minimum absolute atomic E-state index is 0.0625. The Hall–Kier alpha value is -3.39. The van der Waals surface area contributed by atoms with Crippen molar-refractivity contribution in [1.29, 1.82) is 0 Å². The van der Waals surface area contributed by atoms with Crippen LogP contribution in [0.25, 0.3) is 16.9 Å². The predicted molar refractivity (Wildman–Crippen MR) is 96.8 cm³/mol. The van der Waals surface area contributed by atoms with Crippen LogP contribution in [0.2, 0.25) is 5.02 Å². The predicted octanol–water partition coefficient (Wildman–Crippen LogP) is 2.64. The average molecular weight is 385 g/mol. The molecule has 4 rings (SSSR count). The molecule has 27 heavy (non-hydrogen) atoms. The van der Waals surface area contributed by atoms with Crippen LogP contribution >= 0.6 is 11.6 Å². The van der Waals surface area contributed by atoms with Crippen molar-refractivity contribution in [3.63, 3.8) is 0 Å². The molecule has 3 aromatic heterocycles. The quantitative estimate of drug-likeness (QED) is 0.502. The van der Waals surface area contributed by atoms with E-state index in [1.165, 1.54) is 22.4 Å². The molecule has 0 bridgehead atoms. The van der Waals surface area contributed by atoms with E-state index in [-0.39, 0.29) is 12.3 Å². The highest BCUT2D eigenvalue weighted by Crippen LogP contribution is 2.19. The number of hydrogen-bond acceptors (Lipinski definition) is 6. The maximum atomic E-state index is 12.6. The lowest BCUT2D eigenvalue weighted by Gasteiger charge is -2.00. The summed E-state index contributed by atoms with van der Waals surface area (Å²) in [5.41, 5.74) is 1.43. The Balaban J connectivity index is 1.68. The average Bonchev–Trinajstić information content (AvgIpc) is 3.27. The van der Waals surface area contributed by atoms with Crippen LogP contribution in [0.5, 0.6) is 0 Å². The largest absolute Gasteiger partial charge is 0.463 e. The second kappa shape index (κ2) is 6.73. The topological polar surface area (TPSA) is 91.6 Å². The molecule has 0 unspecified atom stereocenters. The number of rotatable bonds is 4. The second-order valence-corrected chi connectivity index (χ2v) is 6.13. The summed E-state index contributed by atoms with van der Waals surface area (Å²) in [4.78, 5) is 24.1. The van der Waals surface area contributed by atoms with Gasteiger partial charge in [0.15, 0.2) is 5.65 Å². The summed E-state index contributed by atoms with van der Waals surface area (Å²) in [6.07, 6.45) is 0. The summed E-state index contributed by atoms with van der Waals surface area (Å²) in [6, 6.07) is 13.7. The third-order valence-electron chi connectivity index (χ3n) is 3.93. The Labute approximate surface area is 157 Å². The smallest absolute Gasteiger partial charge is 0.373 e. The van der Waals surface area contributed by atoms with Gasteiger partial charge in [0, 0.05) is 10.6 Å². The normalized spacial score (nSPS) is 11.0. The van der Waals surface area contributed by atoms with Crippen molar-refractivity contribution in [2.75, 3.05) is 7.11 Å². The molecule has 136 valence electrons. The molecular formula is C18H13ClN4O4. The first kappa shape index (κ1) is 17.0. The van der Waals surface area contributed by atoms with Crippen molar-refractivity contribution in [3.8, 4) is 11.3 Å². The lowest BCUT2D eigenvalue weighted by atomic mass is 10.1. The summed E-state index contributed by atoms with van der Waals surface area (Å²) in [6.45, 7) is 0.0649. The third-order valence-corrected chi connectivity index (χ3v) is 4.19. The highest BCUT2D eigenvalue weighted by molar-refractivity contribution is 6.30. The van der Waals surface area contributed by atoms with Gasteiger partial charge in [-0.1, -0.05) is 23.7 Å². The molecule has 0 fully saturated rings. The van der Waals surface area contributed by atoms with Crippen LogP contribution in [-0.2, 0) is 11.3 Å². The number of halogens is 1. The van der Waals surface area contributed by atoms with Crippen LogP contribution in [0.15, 0.2) is 57.7 Å². The molecular weight excluding hydrogens is 372 g/mol. The van der Waals surface area contributed by atoms with Gasteiger partial charge in [-0.2, -0.15) is 9.61 Å². The van der Waals surface area contributed by atoms with E-state index in [4.69, 9.17) is 16.0 Å². The van der Waals surface area contributed by atoms with Gasteiger partial charge in [-0.3, -0.25) is 0 Å². The Morgan fingerprint density at radius 1 is 1.11 bits per heavy atom. The molecule has 3 heterocycles. The summed E-state index contributed by atoms with van der Waals surface area (Å²) in [5.74, 6) is -0.121. The van der Waals surface area contributed by atoms with Gasteiger partial charge in [0.1, 0.15) is 12.3 Å². The molecule has 0 aliphatic rings. The van der Waals surface area contributed by atoms with Gasteiger partial charge in [0.25, 0.3) is 0 Å². The van der Waals surface area contributed by atoms with E-state index < -0.39 is 11.7 Å². The van der Waals surface area contributed by atoms with E-state index in [0.29, 0.717) is 22.1 Å². The number of esters is 1. The zero-order valence-electron chi connectivity index (χ0n) is 14.1. The van der Waals surface area contributed by atoms with Crippen LogP contribution in [0.1, 0.15) is 16.3 Å². The number of benzene rings is 1. The molecule has 0 aliphatic heterocycles. The highest BCUT2D eigenvalue weighted by Gasteiger charge is 2.14. The van der Waals surface area contributed by atoms with E-state index in [1.54, 1.807) is 30.3 Å². The van der Waals surface area contributed by atoms with E-state index >= 15 is 0 Å². The molecule has 0 saturated heterocycles. The fourth-order valence-corrected chi connectivity index (χ4v) is 2.73. The van der Waals surface area contributed by atoms with Crippen LogP contribution in [0, 0.1) is 0 Å². The molecule has 9 heteroatoms. The zero-order valence-corrected chi connectivity index (χ0v) is 14.9. The van der Waals surface area contributed by atoms with Gasteiger partial charge in [0.05, 0.1) is 12.8 Å². The number of methoxy groups -OCH3 is 1. The van der Waals surface area contributed by atoms with Gasteiger partial charge < -0.3 is 9.15 Å². The van der Waals surface area contributed by atoms with Gasteiger partial charge in [0.2, 0.25) is 5.76 Å². The Kier molecular flexibility index (Phi) is 4.25. The third kappa shape index (κ3) is 3.22. The molecule has 4 aromatic rings. The number of hydrogen-bond donors (Lipinski definition) is 0. The number of furan rings is 1. The summed E-state index contributed by atoms with van der Waals surface area (Å²) in [7, 11) is 1.26. The van der Waals surface area contributed by atoms with E-state index in [2.05, 4.69) is 14.9 Å². The lowest BCUT2D eigenvalue weighted by Crippen LogP contribution is -2.23. The summed E-state index contributed by atoms with van der Waals surface area (Å²) in [5, 5.41) is 9.21. The first-order valence-corrected chi connectivity index (χ1v) is 8.33. The number of carbonyl (C=O) groups is 1. The Morgan fingerprint density at radius 2 is 1.89 bits per heavy atom. The number of aromatic nitrogens is 4.